The van der Waals surface area contributed by atoms with Crippen LogP contribution in [0, 0.1) is 5.92 Å². The average Bonchev–Trinajstić information content (AvgIpc) is 2.73. The van der Waals surface area contributed by atoms with E-state index in [1.807, 2.05) is 6.21 Å². The van der Waals surface area contributed by atoms with Gasteiger partial charge in [-0.15, -0.1) is 0 Å². The van der Waals surface area contributed by atoms with Crippen molar-refractivity contribution in [3.05, 3.63) is 70.8 Å². The molecule has 2 heteroatoms. The molecule has 0 aliphatic heterocycles. The van der Waals surface area contributed by atoms with E-state index in [0.717, 1.165) is 29.4 Å². The number of aryl methyl sites for hydroxylation is 1. The summed E-state index contributed by atoms with van der Waals surface area (Å²) in [6.07, 6.45) is 12.9. The SMILES string of the molecule is CCCC1CCC(c2ccc(C=NN=Cc3ccc(CC)cc3)cc2)CC1. The van der Waals surface area contributed by atoms with Crippen LogP contribution in [0.3, 0.4) is 0 Å². The van der Waals surface area contributed by atoms with E-state index in [0.29, 0.717) is 0 Å². The molecule has 0 amide bonds. The molecule has 1 aliphatic carbocycles. The molecular weight excluding hydrogens is 328 g/mol. The summed E-state index contributed by atoms with van der Waals surface area (Å²) >= 11 is 0. The molecule has 2 aromatic carbocycles. The lowest BCUT2D eigenvalue weighted by atomic mass is 9.77. The van der Waals surface area contributed by atoms with Crippen molar-refractivity contribution < 1.29 is 0 Å². The summed E-state index contributed by atoms with van der Waals surface area (Å²) in [6.45, 7) is 4.47. The normalized spacial score (nSPS) is 20.5. The van der Waals surface area contributed by atoms with Crippen molar-refractivity contribution in [2.24, 2.45) is 16.1 Å². The first-order valence-corrected chi connectivity index (χ1v) is 10.5. The summed E-state index contributed by atoms with van der Waals surface area (Å²) in [5.41, 5.74) is 5.02. The third-order valence-corrected chi connectivity index (χ3v) is 5.82. The van der Waals surface area contributed by atoms with Crippen molar-refractivity contribution in [2.45, 2.75) is 64.7 Å². The fourth-order valence-electron chi connectivity index (χ4n) is 4.09. The maximum Gasteiger partial charge on any atom is 0.0568 e. The molecule has 0 bridgehead atoms. The summed E-state index contributed by atoms with van der Waals surface area (Å²) in [7, 11) is 0. The second kappa shape index (κ2) is 10.2. The van der Waals surface area contributed by atoms with Gasteiger partial charge in [0.15, 0.2) is 0 Å². The Bertz CT molecular complexity index is 733. The van der Waals surface area contributed by atoms with Gasteiger partial charge in [-0.05, 0) is 66.2 Å². The van der Waals surface area contributed by atoms with Crippen molar-refractivity contribution in [2.75, 3.05) is 0 Å². The zero-order chi connectivity index (χ0) is 18.9. The van der Waals surface area contributed by atoms with Gasteiger partial charge in [0, 0.05) is 0 Å². The molecular formula is C25H32N2. The van der Waals surface area contributed by atoms with E-state index in [1.54, 1.807) is 6.21 Å². The van der Waals surface area contributed by atoms with E-state index in [2.05, 4.69) is 72.6 Å². The van der Waals surface area contributed by atoms with Crippen LogP contribution in [0.2, 0.25) is 0 Å². The van der Waals surface area contributed by atoms with E-state index in [9.17, 15) is 0 Å². The van der Waals surface area contributed by atoms with Crippen LogP contribution in [-0.2, 0) is 6.42 Å². The molecule has 2 aromatic rings. The highest BCUT2D eigenvalue weighted by Gasteiger charge is 2.21. The standard InChI is InChI=1S/C25H32N2/c1-3-5-21-10-14-24(15-11-21)25-16-12-23(13-17-25)19-27-26-18-22-8-6-20(4-2)7-9-22/h6-9,12-13,16-19,21,24H,3-5,10-11,14-15H2,1-2H3. The van der Waals surface area contributed by atoms with Crippen LogP contribution in [-0.4, -0.2) is 12.4 Å². The van der Waals surface area contributed by atoms with Crippen molar-refractivity contribution in [3.8, 4) is 0 Å². The Labute approximate surface area is 164 Å². The summed E-state index contributed by atoms with van der Waals surface area (Å²) in [5.74, 6) is 1.71. The van der Waals surface area contributed by atoms with E-state index < -0.39 is 0 Å². The summed E-state index contributed by atoms with van der Waals surface area (Å²) in [5, 5.41) is 8.37. The number of hydrogen-bond acceptors (Lipinski definition) is 2. The van der Waals surface area contributed by atoms with Gasteiger partial charge >= 0.3 is 0 Å². The number of hydrogen-bond donors (Lipinski definition) is 0. The van der Waals surface area contributed by atoms with Crippen LogP contribution in [0.1, 0.15) is 80.5 Å². The highest BCUT2D eigenvalue weighted by atomic mass is 15.2. The molecule has 0 heterocycles. The predicted molar refractivity (Wildman–Crippen MR) is 117 cm³/mol. The Morgan fingerprint density at radius 3 is 1.85 bits per heavy atom. The molecule has 0 N–H and O–H groups in total. The topological polar surface area (TPSA) is 24.7 Å². The molecule has 2 nitrogen and oxygen atoms in total. The van der Waals surface area contributed by atoms with Crippen LogP contribution in [0.25, 0.3) is 0 Å². The van der Waals surface area contributed by atoms with Gasteiger partial charge in [-0.2, -0.15) is 10.2 Å². The minimum absolute atomic E-state index is 0.744. The average molecular weight is 361 g/mol. The zero-order valence-electron chi connectivity index (χ0n) is 16.8. The molecule has 1 fully saturated rings. The van der Waals surface area contributed by atoms with Crippen molar-refractivity contribution in [1.29, 1.82) is 0 Å². The first kappa shape index (κ1) is 19.5. The van der Waals surface area contributed by atoms with Crippen molar-refractivity contribution in [1.82, 2.24) is 0 Å². The van der Waals surface area contributed by atoms with E-state index >= 15 is 0 Å². The Kier molecular flexibility index (Phi) is 7.38. The molecule has 0 atom stereocenters. The van der Waals surface area contributed by atoms with Gasteiger partial charge < -0.3 is 0 Å². The second-order valence-corrected chi connectivity index (χ2v) is 7.76. The van der Waals surface area contributed by atoms with Gasteiger partial charge in [0.25, 0.3) is 0 Å². The molecule has 1 saturated carbocycles. The fraction of sp³-hybridized carbons (Fsp3) is 0.440. The van der Waals surface area contributed by atoms with Gasteiger partial charge in [-0.25, -0.2) is 0 Å². The van der Waals surface area contributed by atoms with Crippen LogP contribution < -0.4 is 0 Å². The highest BCUT2D eigenvalue weighted by Crippen LogP contribution is 2.37. The molecule has 0 unspecified atom stereocenters. The van der Waals surface area contributed by atoms with E-state index in [1.165, 1.54) is 49.7 Å². The Balaban J connectivity index is 1.51. The molecule has 0 aromatic heterocycles. The Morgan fingerprint density at radius 2 is 1.33 bits per heavy atom. The highest BCUT2D eigenvalue weighted by molar-refractivity contribution is 5.82. The van der Waals surface area contributed by atoms with Gasteiger partial charge in [0.2, 0.25) is 0 Å². The monoisotopic (exact) mass is 360 g/mol. The van der Waals surface area contributed by atoms with Crippen molar-refractivity contribution >= 4 is 12.4 Å². The molecule has 142 valence electrons. The third-order valence-electron chi connectivity index (χ3n) is 5.82. The second-order valence-electron chi connectivity index (χ2n) is 7.76. The molecule has 27 heavy (non-hydrogen) atoms. The lowest BCUT2D eigenvalue weighted by Crippen LogP contribution is -2.13. The molecule has 0 radical (unpaired) electrons. The minimum Gasteiger partial charge on any atom is -0.159 e. The van der Waals surface area contributed by atoms with Crippen LogP contribution in [0.15, 0.2) is 58.7 Å². The van der Waals surface area contributed by atoms with E-state index in [-0.39, 0.29) is 0 Å². The summed E-state index contributed by atoms with van der Waals surface area (Å²) in [4.78, 5) is 0. The van der Waals surface area contributed by atoms with Crippen molar-refractivity contribution in [3.63, 3.8) is 0 Å². The molecule has 3 rings (SSSR count). The van der Waals surface area contributed by atoms with Crippen LogP contribution in [0.5, 0.6) is 0 Å². The van der Waals surface area contributed by atoms with E-state index in [4.69, 9.17) is 0 Å². The van der Waals surface area contributed by atoms with Gasteiger partial charge in [-0.1, -0.05) is 75.2 Å². The lowest BCUT2D eigenvalue weighted by Gasteiger charge is -2.28. The Morgan fingerprint density at radius 1 is 0.778 bits per heavy atom. The smallest absolute Gasteiger partial charge is 0.0568 e. The van der Waals surface area contributed by atoms with Gasteiger partial charge in [0.1, 0.15) is 0 Å². The number of benzene rings is 2. The Hall–Kier alpha value is -2.22. The maximum absolute atomic E-state index is 4.20. The minimum atomic E-state index is 0.744. The summed E-state index contributed by atoms with van der Waals surface area (Å²) in [6, 6.07) is 17.3. The molecule has 0 spiro atoms. The maximum atomic E-state index is 4.20. The summed E-state index contributed by atoms with van der Waals surface area (Å²) < 4.78 is 0. The molecule has 0 saturated heterocycles. The predicted octanol–water partition coefficient (Wildman–Crippen LogP) is 6.78. The lowest BCUT2D eigenvalue weighted by molar-refractivity contribution is 0.308. The largest absolute Gasteiger partial charge is 0.159 e. The van der Waals surface area contributed by atoms with Crippen LogP contribution in [0.4, 0.5) is 0 Å². The first-order valence-electron chi connectivity index (χ1n) is 10.5. The van der Waals surface area contributed by atoms with Gasteiger partial charge in [0.05, 0.1) is 12.4 Å². The number of nitrogens with zero attached hydrogens (tertiary/aromatic N) is 2. The molecule has 1 aliphatic rings. The van der Waals surface area contributed by atoms with Crippen LogP contribution >= 0.6 is 0 Å². The zero-order valence-corrected chi connectivity index (χ0v) is 16.8. The number of rotatable bonds is 7. The third kappa shape index (κ3) is 5.89. The van der Waals surface area contributed by atoms with Gasteiger partial charge in [-0.3, -0.25) is 0 Å². The fourth-order valence-corrected chi connectivity index (χ4v) is 4.09. The quantitative estimate of drug-likeness (QED) is 0.384. The first-order chi connectivity index (χ1) is 13.3.